The molecule has 0 saturated heterocycles. The molecule has 0 aliphatic carbocycles. The Morgan fingerprint density at radius 1 is 0.742 bits per heavy atom. The third kappa shape index (κ3) is 4.64. The molecule has 0 fully saturated rings. The average Bonchev–Trinajstić information content (AvgIpc) is 2.83. The Labute approximate surface area is 181 Å². The molecule has 0 N–H and O–H groups in total. The molecule has 0 heterocycles. The molecule has 4 aromatic rings. The van der Waals surface area contributed by atoms with Crippen LogP contribution in [0.4, 0.5) is 0 Å². The van der Waals surface area contributed by atoms with Crippen molar-refractivity contribution < 1.29 is 19.1 Å². The van der Waals surface area contributed by atoms with Gasteiger partial charge in [0.05, 0.1) is 7.11 Å². The van der Waals surface area contributed by atoms with E-state index in [1.807, 2.05) is 84.9 Å². The predicted octanol–water partition coefficient (Wildman–Crippen LogP) is 5.41. The number of fused-ring (bicyclic) bond motifs is 1. The monoisotopic (exact) mass is 410 g/mol. The van der Waals surface area contributed by atoms with Crippen molar-refractivity contribution in [2.45, 2.75) is 5.92 Å². The second-order valence-corrected chi connectivity index (χ2v) is 7.21. The van der Waals surface area contributed by atoms with E-state index in [9.17, 15) is 9.59 Å². The zero-order chi connectivity index (χ0) is 21.6. The molecule has 31 heavy (non-hydrogen) atoms. The van der Waals surface area contributed by atoms with Gasteiger partial charge in [-0.05, 0) is 40.1 Å². The van der Waals surface area contributed by atoms with Gasteiger partial charge in [-0.15, -0.1) is 0 Å². The molecule has 0 atom stereocenters. The van der Waals surface area contributed by atoms with Gasteiger partial charge in [-0.2, -0.15) is 0 Å². The first-order chi connectivity index (χ1) is 15.2. The summed E-state index contributed by atoms with van der Waals surface area (Å²) < 4.78 is 10.7. The highest BCUT2D eigenvalue weighted by atomic mass is 16.5. The van der Waals surface area contributed by atoms with Crippen molar-refractivity contribution in [1.82, 2.24) is 0 Å². The van der Waals surface area contributed by atoms with E-state index in [4.69, 9.17) is 9.47 Å². The number of hydrogen-bond acceptors (Lipinski definition) is 4. The number of rotatable bonds is 7. The van der Waals surface area contributed by atoms with Crippen LogP contribution >= 0.6 is 0 Å². The van der Waals surface area contributed by atoms with E-state index in [1.54, 1.807) is 19.2 Å². The number of carbonyl (C=O) groups excluding carboxylic acids is 2. The Bertz CT molecular complexity index is 1160. The molecule has 0 radical (unpaired) electrons. The first-order valence-electron chi connectivity index (χ1n) is 10.0. The summed E-state index contributed by atoms with van der Waals surface area (Å²) in [5, 5.41) is 1.89. The van der Waals surface area contributed by atoms with Gasteiger partial charge in [0.25, 0.3) is 0 Å². The third-order valence-corrected chi connectivity index (χ3v) is 5.22. The number of carbonyl (C=O) groups is 2. The second-order valence-electron chi connectivity index (χ2n) is 7.21. The Morgan fingerprint density at radius 3 is 1.94 bits per heavy atom. The van der Waals surface area contributed by atoms with E-state index in [0.717, 1.165) is 27.6 Å². The molecule has 0 aromatic heterocycles. The van der Waals surface area contributed by atoms with Crippen LogP contribution in [0.25, 0.3) is 10.8 Å². The summed E-state index contributed by atoms with van der Waals surface area (Å²) >= 11 is 0. The number of esters is 1. The van der Waals surface area contributed by atoms with Crippen molar-refractivity contribution in [2.75, 3.05) is 13.7 Å². The molecule has 0 aliphatic rings. The molecule has 4 nitrogen and oxygen atoms in total. The summed E-state index contributed by atoms with van der Waals surface area (Å²) in [4.78, 5) is 25.7. The van der Waals surface area contributed by atoms with Gasteiger partial charge in [0, 0.05) is 5.56 Å². The normalized spacial score (nSPS) is 10.8. The average molecular weight is 410 g/mol. The van der Waals surface area contributed by atoms with Crippen LogP contribution in [0.1, 0.15) is 27.4 Å². The maximum absolute atomic E-state index is 13.0. The zero-order valence-corrected chi connectivity index (χ0v) is 17.2. The predicted molar refractivity (Wildman–Crippen MR) is 121 cm³/mol. The Kier molecular flexibility index (Phi) is 6.08. The fraction of sp³-hybridized carbons (Fsp3) is 0.111. The first kappa shape index (κ1) is 20.4. The molecule has 4 aromatic carbocycles. The van der Waals surface area contributed by atoms with Gasteiger partial charge in [0.2, 0.25) is 0 Å². The molecule has 0 amide bonds. The van der Waals surface area contributed by atoms with E-state index >= 15 is 0 Å². The summed E-state index contributed by atoms with van der Waals surface area (Å²) in [6, 6.07) is 29.9. The summed E-state index contributed by atoms with van der Waals surface area (Å²) in [7, 11) is 1.62. The smallest absolute Gasteiger partial charge is 0.318 e. The van der Waals surface area contributed by atoms with Crippen LogP contribution in [0.3, 0.4) is 0 Å². The zero-order valence-electron chi connectivity index (χ0n) is 17.2. The van der Waals surface area contributed by atoms with Gasteiger partial charge in [-0.25, -0.2) is 0 Å². The van der Waals surface area contributed by atoms with Crippen molar-refractivity contribution in [2.24, 2.45) is 0 Å². The van der Waals surface area contributed by atoms with Crippen LogP contribution in [0, 0.1) is 0 Å². The highest BCUT2D eigenvalue weighted by Gasteiger charge is 2.25. The van der Waals surface area contributed by atoms with Crippen molar-refractivity contribution in [3.8, 4) is 5.75 Å². The van der Waals surface area contributed by atoms with Crippen LogP contribution in [-0.2, 0) is 9.53 Å². The van der Waals surface area contributed by atoms with E-state index < -0.39 is 11.9 Å². The number of benzene rings is 4. The van der Waals surface area contributed by atoms with Crippen molar-refractivity contribution in [3.63, 3.8) is 0 Å². The summed E-state index contributed by atoms with van der Waals surface area (Å²) in [5.41, 5.74) is 2.15. The lowest BCUT2D eigenvalue weighted by atomic mass is 9.91. The molecule has 0 bridgehead atoms. The quantitative estimate of drug-likeness (QED) is 0.302. The number of hydrogen-bond donors (Lipinski definition) is 0. The first-order valence-corrected chi connectivity index (χ1v) is 10.0. The van der Waals surface area contributed by atoms with Gasteiger partial charge in [0.15, 0.2) is 12.4 Å². The number of ketones is 1. The van der Waals surface area contributed by atoms with Crippen molar-refractivity contribution in [3.05, 3.63) is 114 Å². The molecule has 4 rings (SSSR count). The Hall–Kier alpha value is -3.92. The van der Waals surface area contributed by atoms with Gasteiger partial charge >= 0.3 is 5.97 Å². The van der Waals surface area contributed by atoms with Gasteiger partial charge in [0.1, 0.15) is 11.7 Å². The summed E-state index contributed by atoms with van der Waals surface area (Å²) in [5.74, 6) is -0.519. The van der Waals surface area contributed by atoms with E-state index in [-0.39, 0.29) is 12.4 Å². The SMILES string of the molecule is COc1ccc2cc(C(=O)COC(=O)C(c3ccccc3)c3ccccc3)ccc2c1. The Balaban J connectivity index is 1.51. The highest BCUT2D eigenvalue weighted by Crippen LogP contribution is 2.26. The number of Topliss-reactive ketones (excluding diaryl/α,β-unsaturated/α-hetero) is 1. The topological polar surface area (TPSA) is 52.6 Å². The molecular formula is C27H22O4. The minimum absolute atomic E-state index is 0.244. The number of ether oxygens (including phenoxy) is 2. The minimum Gasteiger partial charge on any atom is -0.497 e. The van der Waals surface area contributed by atoms with Crippen LogP contribution in [0.15, 0.2) is 97.1 Å². The molecule has 0 saturated carbocycles. The standard InChI is InChI=1S/C27H22O4/c1-30-24-15-14-21-16-23(13-12-22(21)17-24)25(28)18-31-27(29)26(19-8-4-2-5-9-19)20-10-6-3-7-11-20/h2-17,26H,18H2,1H3. The van der Waals surface area contributed by atoms with Gasteiger partial charge in [-0.3, -0.25) is 9.59 Å². The van der Waals surface area contributed by atoms with Gasteiger partial charge < -0.3 is 9.47 Å². The maximum Gasteiger partial charge on any atom is 0.318 e. The number of methoxy groups -OCH3 is 1. The highest BCUT2D eigenvalue weighted by molar-refractivity contribution is 6.01. The summed E-state index contributed by atoms with van der Waals surface area (Å²) in [6.45, 7) is -0.309. The van der Waals surface area contributed by atoms with E-state index in [2.05, 4.69) is 0 Å². The lowest BCUT2D eigenvalue weighted by molar-refractivity contribution is -0.143. The fourth-order valence-corrected chi connectivity index (χ4v) is 3.58. The largest absolute Gasteiger partial charge is 0.497 e. The second kappa shape index (κ2) is 9.26. The van der Waals surface area contributed by atoms with Crippen LogP contribution < -0.4 is 4.74 Å². The van der Waals surface area contributed by atoms with E-state index in [0.29, 0.717) is 5.56 Å². The van der Waals surface area contributed by atoms with E-state index in [1.165, 1.54) is 0 Å². The third-order valence-electron chi connectivity index (χ3n) is 5.22. The summed E-state index contributed by atoms with van der Waals surface area (Å²) in [6.07, 6.45) is 0. The lowest BCUT2D eigenvalue weighted by Gasteiger charge is -2.17. The maximum atomic E-state index is 13.0. The molecular weight excluding hydrogens is 388 g/mol. The minimum atomic E-state index is -0.584. The fourth-order valence-electron chi connectivity index (χ4n) is 3.58. The molecule has 154 valence electrons. The molecule has 0 spiro atoms. The van der Waals surface area contributed by atoms with Gasteiger partial charge in [-0.1, -0.05) is 78.9 Å². The van der Waals surface area contributed by atoms with Crippen LogP contribution in [-0.4, -0.2) is 25.5 Å². The lowest BCUT2D eigenvalue weighted by Crippen LogP contribution is -2.21. The molecule has 0 unspecified atom stereocenters. The molecule has 0 aliphatic heterocycles. The van der Waals surface area contributed by atoms with Crippen LogP contribution in [0.2, 0.25) is 0 Å². The molecule has 4 heteroatoms. The Morgan fingerprint density at radius 2 is 1.32 bits per heavy atom. The van der Waals surface area contributed by atoms with Crippen LogP contribution in [0.5, 0.6) is 5.75 Å². The van der Waals surface area contributed by atoms with Crippen molar-refractivity contribution in [1.29, 1.82) is 0 Å². The van der Waals surface area contributed by atoms with Crippen molar-refractivity contribution >= 4 is 22.5 Å².